The van der Waals surface area contributed by atoms with Gasteiger partial charge in [0.25, 0.3) is 0 Å². The van der Waals surface area contributed by atoms with E-state index in [4.69, 9.17) is 4.74 Å². The molecule has 0 saturated heterocycles. The van der Waals surface area contributed by atoms with Crippen molar-refractivity contribution in [1.82, 2.24) is 0 Å². The molecule has 154 valence electrons. The SMILES string of the molecule is CC1CCC(C(=O)N(c2cc(Oc3ccccc3)ccc2C(=O)O)C(C)C)CC1. The molecule has 0 aliphatic heterocycles. The lowest BCUT2D eigenvalue weighted by Crippen LogP contribution is -2.43. The van der Waals surface area contributed by atoms with Crippen LogP contribution in [-0.4, -0.2) is 23.0 Å². The van der Waals surface area contributed by atoms with Crippen molar-refractivity contribution in [1.29, 1.82) is 0 Å². The standard InChI is InChI=1S/C24H29NO4/c1-16(2)25(23(26)18-11-9-17(3)10-12-18)22-15-20(13-14-21(22)24(27)28)29-19-7-5-4-6-8-19/h4-8,13-18H,9-12H2,1-3H3,(H,27,28). The number of aromatic carboxylic acids is 1. The average Bonchev–Trinajstić information content (AvgIpc) is 2.69. The van der Waals surface area contributed by atoms with Gasteiger partial charge in [-0.15, -0.1) is 0 Å². The Balaban J connectivity index is 1.95. The number of carbonyl (C=O) groups excluding carboxylic acids is 1. The first kappa shape index (κ1) is 20.9. The molecule has 0 bridgehead atoms. The topological polar surface area (TPSA) is 66.8 Å². The van der Waals surface area contributed by atoms with E-state index < -0.39 is 5.97 Å². The highest BCUT2D eigenvalue weighted by molar-refractivity contribution is 6.03. The first-order valence-corrected chi connectivity index (χ1v) is 10.3. The second-order valence-electron chi connectivity index (χ2n) is 8.16. The minimum absolute atomic E-state index is 0.00580. The van der Waals surface area contributed by atoms with Gasteiger partial charge >= 0.3 is 5.97 Å². The molecule has 1 saturated carbocycles. The Hall–Kier alpha value is -2.82. The van der Waals surface area contributed by atoms with E-state index in [9.17, 15) is 14.7 Å². The van der Waals surface area contributed by atoms with E-state index in [2.05, 4.69) is 6.92 Å². The summed E-state index contributed by atoms with van der Waals surface area (Å²) >= 11 is 0. The van der Waals surface area contributed by atoms with Gasteiger partial charge in [0.05, 0.1) is 11.3 Å². The molecule has 0 spiro atoms. The molecule has 1 amide bonds. The van der Waals surface area contributed by atoms with Crippen molar-refractivity contribution in [3.63, 3.8) is 0 Å². The minimum Gasteiger partial charge on any atom is -0.478 e. The number of carboxylic acids is 1. The summed E-state index contributed by atoms with van der Waals surface area (Å²) in [6.07, 6.45) is 3.77. The Morgan fingerprint density at radius 2 is 1.66 bits per heavy atom. The summed E-state index contributed by atoms with van der Waals surface area (Å²) in [5, 5.41) is 9.73. The minimum atomic E-state index is -1.05. The van der Waals surface area contributed by atoms with Crippen LogP contribution in [0, 0.1) is 11.8 Å². The number of para-hydroxylation sites is 1. The van der Waals surface area contributed by atoms with Gasteiger partial charge in [-0.2, -0.15) is 0 Å². The third-order valence-electron chi connectivity index (χ3n) is 5.56. The highest BCUT2D eigenvalue weighted by Crippen LogP contribution is 2.35. The fourth-order valence-corrected chi connectivity index (χ4v) is 3.93. The number of anilines is 1. The zero-order valence-corrected chi connectivity index (χ0v) is 17.3. The van der Waals surface area contributed by atoms with E-state index >= 15 is 0 Å². The van der Waals surface area contributed by atoms with E-state index in [1.54, 1.807) is 17.0 Å². The van der Waals surface area contributed by atoms with Gasteiger partial charge in [0.1, 0.15) is 11.5 Å². The van der Waals surface area contributed by atoms with E-state index in [0.717, 1.165) is 25.7 Å². The van der Waals surface area contributed by atoms with E-state index in [1.165, 1.54) is 6.07 Å². The smallest absolute Gasteiger partial charge is 0.337 e. The van der Waals surface area contributed by atoms with Gasteiger partial charge in [0, 0.05) is 18.0 Å². The van der Waals surface area contributed by atoms with Crippen molar-refractivity contribution in [2.45, 2.75) is 52.5 Å². The molecule has 1 aliphatic rings. The van der Waals surface area contributed by atoms with Gasteiger partial charge in [-0.1, -0.05) is 25.1 Å². The fraction of sp³-hybridized carbons (Fsp3) is 0.417. The number of hydrogen-bond acceptors (Lipinski definition) is 3. The predicted molar refractivity (Wildman–Crippen MR) is 114 cm³/mol. The number of carboxylic acid groups (broad SMARTS) is 1. The number of nitrogens with zero attached hydrogens (tertiary/aromatic N) is 1. The molecule has 5 nitrogen and oxygen atoms in total. The van der Waals surface area contributed by atoms with E-state index in [-0.39, 0.29) is 23.4 Å². The molecule has 5 heteroatoms. The maximum absolute atomic E-state index is 13.4. The molecule has 29 heavy (non-hydrogen) atoms. The van der Waals surface area contributed by atoms with Crippen LogP contribution in [0.25, 0.3) is 0 Å². The van der Waals surface area contributed by atoms with Crippen molar-refractivity contribution >= 4 is 17.6 Å². The summed E-state index contributed by atoms with van der Waals surface area (Å²) in [5.41, 5.74) is 0.501. The summed E-state index contributed by atoms with van der Waals surface area (Å²) < 4.78 is 5.89. The molecule has 1 fully saturated rings. The summed E-state index contributed by atoms with van der Waals surface area (Å²) in [5.74, 6) is 0.697. The van der Waals surface area contributed by atoms with Crippen LogP contribution in [0.5, 0.6) is 11.5 Å². The van der Waals surface area contributed by atoms with Crippen molar-refractivity contribution < 1.29 is 19.4 Å². The third-order valence-corrected chi connectivity index (χ3v) is 5.56. The van der Waals surface area contributed by atoms with Crippen LogP contribution in [0.15, 0.2) is 48.5 Å². The van der Waals surface area contributed by atoms with Crippen LogP contribution in [0.4, 0.5) is 5.69 Å². The maximum Gasteiger partial charge on any atom is 0.337 e. The monoisotopic (exact) mass is 395 g/mol. The Morgan fingerprint density at radius 1 is 1.00 bits per heavy atom. The molecule has 0 atom stereocenters. The largest absolute Gasteiger partial charge is 0.478 e. The van der Waals surface area contributed by atoms with Gasteiger partial charge in [-0.25, -0.2) is 4.79 Å². The molecular weight excluding hydrogens is 366 g/mol. The Bertz CT molecular complexity index is 854. The van der Waals surface area contributed by atoms with Crippen LogP contribution >= 0.6 is 0 Å². The molecule has 0 heterocycles. The maximum atomic E-state index is 13.4. The number of amides is 1. The van der Waals surface area contributed by atoms with Crippen LogP contribution in [-0.2, 0) is 4.79 Å². The molecule has 0 radical (unpaired) electrons. The molecule has 1 aliphatic carbocycles. The number of hydrogen-bond donors (Lipinski definition) is 1. The summed E-state index contributed by atoms with van der Waals surface area (Å²) in [4.78, 5) is 26.9. The summed E-state index contributed by atoms with van der Waals surface area (Å²) in [6.45, 7) is 6.05. The second kappa shape index (κ2) is 9.12. The lowest BCUT2D eigenvalue weighted by molar-refractivity contribution is -0.123. The van der Waals surface area contributed by atoms with Crippen LogP contribution in [0.2, 0.25) is 0 Å². The zero-order valence-electron chi connectivity index (χ0n) is 17.3. The third kappa shape index (κ3) is 4.97. The van der Waals surface area contributed by atoms with Gasteiger partial charge in [-0.05, 0) is 69.7 Å². The van der Waals surface area contributed by atoms with Crippen LogP contribution in [0.3, 0.4) is 0 Å². The van der Waals surface area contributed by atoms with Crippen LogP contribution in [0.1, 0.15) is 56.8 Å². The lowest BCUT2D eigenvalue weighted by atomic mass is 9.82. The number of ether oxygens (including phenoxy) is 1. The lowest BCUT2D eigenvalue weighted by Gasteiger charge is -2.34. The highest BCUT2D eigenvalue weighted by Gasteiger charge is 2.32. The Kier molecular flexibility index (Phi) is 6.57. The molecule has 2 aromatic carbocycles. The highest BCUT2D eigenvalue weighted by atomic mass is 16.5. The predicted octanol–water partition coefficient (Wildman–Crippen LogP) is 5.74. The zero-order chi connectivity index (χ0) is 21.0. The quantitative estimate of drug-likeness (QED) is 0.677. The molecular formula is C24H29NO4. The average molecular weight is 395 g/mol. The molecule has 1 N–H and O–H groups in total. The van der Waals surface area contributed by atoms with E-state index in [0.29, 0.717) is 23.1 Å². The number of benzene rings is 2. The first-order chi connectivity index (χ1) is 13.9. The number of carbonyl (C=O) groups is 2. The van der Waals surface area contributed by atoms with E-state index in [1.807, 2.05) is 44.2 Å². The molecule has 0 aromatic heterocycles. The second-order valence-corrected chi connectivity index (χ2v) is 8.16. The van der Waals surface area contributed by atoms with Crippen molar-refractivity contribution in [2.24, 2.45) is 11.8 Å². The Morgan fingerprint density at radius 3 is 2.24 bits per heavy atom. The molecule has 0 unspecified atom stereocenters. The van der Waals surface area contributed by atoms with Crippen molar-refractivity contribution in [2.75, 3.05) is 4.90 Å². The first-order valence-electron chi connectivity index (χ1n) is 10.3. The van der Waals surface area contributed by atoms with Crippen LogP contribution < -0.4 is 9.64 Å². The van der Waals surface area contributed by atoms with Gasteiger partial charge in [0.15, 0.2) is 0 Å². The molecule has 2 aromatic rings. The Labute approximate surface area is 172 Å². The summed E-state index contributed by atoms with van der Waals surface area (Å²) in [7, 11) is 0. The van der Waals surface area contributed by atoms with Gasteiger partial charge in [-0.3, -0.25) is 4.79 Å². The molecule has 3 rings (SSSR count). The van der Waals surface area contributed by atoms with Crippen molar-refractivity contribution in [3.05, 3.63) is 54.1 Å². The normalized spacial score (nSPS) is 19.0. The number of rotatable bonds is 6. The van der Waals surface area contributed by atoms with Gasteiger partial charge < -0.3 is 14.7 Å². The van der Waals surface area contributed by atoms with Crippen molar-refractivity contribution in [3.8, 4) is 11.5 Å². The van der Waals surface area contributed by atoms with Gasteiger partial charge in [0.2, 0.25) is 5.91 Å². The fourth-order valence-electron chi connectivity index (χ4n) is 3.93. The summed E-state index contributed by atoms with van der Waals surface area (Å²) in [6, 6.07) is 14.0.